The Morgan fingerprint density at radius 3 is 2.35 bits per heavy atom. The normalized spacial score (nSPS) is 23.5. The molecule has 0 aromatic rings. The van der Waals surface area contributed by atoms with Gasteiger partial charge in [-0.2, -0.15) is 0 Å². The summed E-state index contributed by atoms with van der Waals surface area (Å²) < 4.78 is 0. The molecule has 0 spiro atoms. The van der Waals surface area contributed by atoms with Crippen LogP contribution in [-0.2, 0) is 9.59 Å². The van der Waals surface area contributed by atoms with Crippen molar-refractivity contribution >= 4 is 17.8 Å². The molecule has 1 saturated carbocycles. The van der Waals surface area contributed by atoms with E-state index < -0.39 is 11.9 Å². The van der Waals surface area contributed by atoms with Crippen LogP contribution >= 0.6 is 0 Å². The maximum atomic E-state index is 11.8. The van der Waals surface area contributed by atoms with Gasteiger partial charge in [0.15, 0.2) is 5.96 Å². The molecular weight excluding hydrogens is 332 g/mol. The van der Waals surface area contributed by atoms with Gasteiger partial charge in [-0.25, -0.2) is 0 Å². The highest BCUT2D eigenvalue weighted by Gasteiger charge is 2.44. The molecule has 1 rings (SSSR count). The van der Waals surface area contributed by atoms with Crippen molar-refractivity contribution in [2.75, 3.05) is 6.54 Å². The van der Waals surface area contributed by atoms with E-state index in [9.17, 15) is 14.7 Å². The number of carbonyl (C=O) groups excluding carboxylic acids is 1. The van der Waals surface area contributed by atoms with Crippen molar-refractivity contribution < 1.29 is 14.7 Å². The van der Waals surface area contributed by atoms with E-state index in [0.717, 1.165) is 32.2 Å². The molecule has 150 valence electrons. The zero-order valence-corrected chi connectivity index (χ0v) is 16.6. The van der Waals surface area contributed by atoms with Gasteiger partial charge in [0.1, 0.15) is 0 Å². The molecule has 0 radical (unpaired) electrons. The molecule has 7 nitrogen and oxygen atoms in total. The second-order valence-electron chi connectivity index (χ2n) is 7.38. The Morgan fingerprint density at radius 2 is 1.85 bits per heavy atom. The van der Waals surface area contributed by atoms with Crippen molar-refractivity contribution in [1.82, 2.24) is 16.0 Å². The highest BCUT2D eigenvalue weighted by molar-refractivity contribution is 5.77. The zero-order chi connectivity index (χ0) is 19.7. The molecule has 0 saturated heterocycles. The Kier molecular flexibility index (Phi) is 9.44. The first kappa shape index (κ1) is 22.3. The predicted molar refractivity (Wildman–Crippen MR) is 103 cm³/mol. The van der Waals surface area contributed by atoms with Crippen LogP contribution in [0.3, 0.4) is 0 Å². The molecule has 5 N–H and O–H groups in total. The number of nitrogens with one attached hydrogen (secondary N) is 4. The summed E-state index contributed by atoms with van der Waals surface area (Å²) in [5.74, 6) is -0.787. The van der Waals surface area contributed by atoms with Crippen molar-refractivity contribution in [3.63, 3.8) is 0 Å². The minimum absolute atomic E-state index is 0.00164. The van der Waals surface area contributed by atoms with Gasteiger partial charge >= 0.3 is 5.97 Å². The van der Waals surface area contributed by atoms with Gasteiger partial charge in [0.25, 0.3) is 0 Å². The van der Waals surface area contributed by atoms with Crippen LogP contribution in [0.2, 0.25) is 0 Å². The van der Waals surface area contributed by atoms with E-state index >= 15 is 0 Å². The van der Waals surface area contributed by atoms with E-state index in [1.165, 1.54) is 6.92 Å². The molecule has 0 aliphatic heterocycles. The summed E-state index contributed by atoms with van der Waals surface area (Å²) in [4.78, 5) is 23.3. The number of guanidine groups is 1. The number of carboxylic acid groups (broad SMARTS) is 1. The van der Waals surface area contributed by atoms with Gasteiger partial charge in [-0.05, 0) is 25.2 Å². The Balaban J connectivity index is 2.93. The van der Waals surface area contributed by atoms with Crippen LogP contribution in [0.1, 0.15) is 66.2 Å². The first-order chi connectivity index (χ1) is 12.3. The van der Waals surface area contributed by atoms with Crippen LogP contribution in [-0.4, -0.2) is 41.6 Å². The van der Waals surface area contributed by atoms with Crippen LogP contribution in [0, 0.1) is 23.2 Å². The SMILES string of the molecule is CCCCNC(=N)N[C@@H]1C[C@H](C(=O)O)C[C@H]1[C@H](NC(C)=O)C(CC)CC. The van der Waals surface area contributed by atoms with Crippen molar-refractivity contribution in [1.29, 1.82) is 5.41 Å². The van der Waals surface area contributed by atoms with E-state index in [0.29, 0.717) is 18.8 Å². The molecule has 4 atom stereocenters. The number of aliphatic carboxylic acids is 1. The van der Waals surface area contributed by atoms with E-state index in [1.807, 2.05) is 0 Å². The summed E-state index contributed by atoms with van der Waals surface area (Å²) in [7, 11) is 0. The van der Waals surface area contributed by atoms with Gasteiger partial charge in [-0.3, -0.25) is 15.0 Å². The van der Waals surface area contributed by atoms with E-state index in [-0.39, 0.29) is 29.9 Å². The minimum Gasteiger partial charge on any atom is -0.481 e. The number of rotatable bonds is 10. The van der Waals surface area contributed by atoms with Crippen LogP contribution in [0.5, 0.6) is 0 Å². The second kappa shape index (κ2) is 11.0. The number of hydrogen-bond donors (Lipinski definition) is 5. The lowest BCUT2D eigenvalue weighted by atomic mass is 9.81. The lowest BCUT2D eigenvalue weighted by Crippen LogP contribution is -2.52. The lowest BCUT2D eigenvalue weighted by Gasteiger charge is -2.35. The third-order valence-corrected chi connectivity index (χ3v) is 5.51. The molecule has 1 aliphatic rings. The molecule has 0 aromatic carbocycles. The third-order valence-electron chi connectivity index (χ3n) is 5.51. The Bertz CT molecular complexity index is 479. The number of hydrogen-bond acceptors (Lipinski definition) is 3. The summed E-state index contributed by atoms with van der Waals surface area (Å²) in [6.07, 6.45) is 4.89. The molecule has 7 heteroatoms. The summed E-state index contributed by atoms with van der Waals surface area (Å²) >= 11 is 0. The first-order valence-electron chi connectivity index (χ1n) is 9.92. The number of amides is 1. The monoisotopic (exact) mass is 368 g/mol. The third kappa shape index (κ3) is 6.50. The predicted octanol–water partition coefficient (Wildman–Crippen LogP) is 2.32. The minimum atomic E-state index is -0.795. The Hall–Kier alpha value is -1.79. The average molecular weight is 369 g/mol. The van der Waals surface area contributed by atoms with Gasteiger partial charge in [-0.1, -0.05) is 40.0 Å². The highest BCUT2D eigenvalue weighted by Crippen LogP contribution is 2.37. The highest BCUT2D eigenvalue weighted by atomic mass is 16.4. The largest absolute Gasteiger partial charge is 0.481 e. The average Bonchev–Trinajstić information content (AvgIpc) is 2.98. The van der Waals surface area contributed by atoms with E-state index in [4.69, 9.17) is 5.41 Å². The second-order valence-corrected chi connectivity index (χ2v) is 7.38. The standard InChI is InChI=1S/C19H36N4O3/c1-5-8-9-21-19(20)23-16-11-14(18(25)26)10-15(16)17(22-12(4)24)13(6-2)7-3/h13-17H,5-11H2,1-4H3,(H,22,24)(H,25,26)(H3,20,21,23)/t14-,15-,16-,17-/m1/s1. The van der Waals surface area contributed by atoms with Gasteiger partial charge in [-0.15, -0.1) is 0 Å². The van der Waals surface area contributed by atoms with Crippen LogP contribution in [0.15, 0.2) is 0 Å². The maximum Gasteiger partial charge on any atom is 0.306 e. The van der Waals surface area contributed by atoms with Crippen molar-refractivity contribution in [2.45, 2.75) is 78.3 Å². The topological polar surface area (TPSA) is 114 Å². The quantitative estimate of drug-likeness (QED) is 0.231. The van der Waals surface area contributed by atoms with Crippen LogP contribution < -0.4 is 16.0 Å². The molecule has 0 bridgehead atoms. The molecule has 26 heavy (non-hydrogen) atoms. The summed E-state index contributed by atoms with van der Waals surface area (Å²) in [6.45, 7) is 8.53. The summed E-state index contributed by atoms with van der Waals surface area (Å²) in [5, 5.41) is 26.9. The Labute approximate surface area is 157 Å². The van der Waals surface area contributed by atoms with Gasteiger partial charge in [0, 0.05) is 31.5 Å². The van der Waals surface area contributed by atoms with Crippen molar-refractivity contribution in [2.24, 2.45) is 17.8 Å². The van der Waals surface area contributed by atoms with Crippen LogP contribution in [0.4, 0.5) is 0 Å². The number of unbranched alkanes of at least 4 members (excludes halogenated alkanes) is 1. The summed E-state index contributed by atoms with van der Waals surface area (Å²) in [5.41, 5.74) is 0. The molecule has 1 amide bonds. The lowest BCUT2D eigenvalue weighted by molar-refractivity contribution is -0.141. The zero-order valence-electron chi connectivity index (χ0n) is 16.6. The fourth-order valence-electron chi connectivity index (χ4n) is 4.07. The molecule has 0 aromatic heterocycles. The van der Waals surface area contributed by atoms with Crippen molar-refractivity contribution in [3.05, 3.63) is 0 Å². The molecule has 1 fully saturated rings. The first-order valence-corrected chi connectivity index (χ1v) is 9.92. The van der Waals surface area contributed by atoms with Crippen LogP contribution in [0.25, 0.3) is 0 Å². The smallest absolute Gasteiger partial charge is 0.306 e. The number of carbonyl (C=O) groups is 2. The van der Waals surface area contributed by atoms with Gasteiger partial charge < -0.3 is 21.1 Å². The van der Waals surface area contributed by atoms with E-state index in [2.05, 4.69) is 36.7 Å². The Morgan fingerprint density at radius 1 is 1.19 bits per heavy atom. The molecular formula is C19H36N4O3. The maximum absolute atomic E-state index is 11.8. The fourth-order valence-corrected chi connectivity index (χ4v) is 4.07. The van der Waals surface area contributed by atoms with Gasteiger partial charge in [0.05, 0.1) is 5.92 Å². The number of carboxylic acids is 1. The summed E-state index contributed by atoms with van der Waals surface area (Å²) in [6, 6.07) is -0.206. The molecule has 0 unspecified atom stereocenters. The van der Waals surface area contributed by atoms with Gasteiger partial charge in [0.2, 0.25) is 5.91 Å². The fraction of sp³-hybridized carbons (Fsp3) is 0.842. The molecule has 1 aliphatic carbocycles. The molecule has 0 heterocycles. The van der Waals surface area contributed by atoms with E-state index in [1.54, 1.807) is 0 Å². The van der Waals surface area contributed by atoms with Crippen molar-refractivity contribution in [3.8, 4) is 0 Å².